The van der Waals surface area contributed by atoms with Gasteiger partial charge in [0, 0.05) is 48.0 Å². The minimum absolute atomic E-state index is 0. The number of ether oxygens (including phenoxy) is 2. The Balaban J connectivity index is 0.000000299. The molecular weight excluding hydrogens is 1100 g/mol. The first kappa shape index (κ1) is 59.8. The summed E-state index contributed by atoms with van der Waals surface area (Å²) in [7, 11) is 0. The second-order valence-electron chi connectivity index (χ2n) is 16.1. The zero-order valence-corrected chi connectivity index (χ0v) is 45.4. The summed E-state index contributed by atoms with van der Waals surface area (Å²) in [5.41, 5.74) is 5.49. The number of carbonyl (C=O) groups is 2. The molecule has 0 N–H and O–H groups in total. The first-order valence-corrected chi connectivity index (χ1v) is 26.7. The summed E-state index contributed by atoms with van der Waals surface area (Å²) < 4.78 is 49.6. The smallest absolute Gasteiger partial charge is 0.753 e. The van der Waals surface area contributed by atoms with Gasteiger partial charge in [-0.2, -0.15) is 18.3 Å². The molecule has 19 heteroatoms. The number of thioether (sulfide) groups is 1. The summed E-state index contributed by atoms with van der Waals surface area (Å²) in [6.07, 6.45) is 18.1. The molecule has 0 aliphatic rings. The number of hydrogen-bond donors (Lipinski definition) is 0. The number of halogens is 3. The van der Waals surface area contributed by atoms with Crippen molar-refractivity contribution in [3.05, 3.63) is 123 Å². The van der Waals surface area contributed by atoms with E-state index in [1.54, 1.807) is 65.4 Å². The molecule has 0 radical (unpaired) electrons. The molecule has 7 aromatic heterocycles. The van der Waals surface area contributed by atoms with Crippen LogP contribution in [0.1, 0.15) is 119 Å². The zero-order valence-electron chi connectivity index (χ0n) is 40.4. The number of thiocarbonyl (C=S) groups is 1. The predicted octanol–water partition coefficient (Wildman–Crippen LogP) is 15.0. The normalized spacial score (nSPS) is 10.5. The van der Waals surface area contributed by atoms with Crippen molar-refractivity contribution in [3.8, 4) is 68.6 Å². The van der Waals surface area contributed by atoms with Gasteiger partial charge in [-0.15, -0.1) is 34.4 Å². The Hall–Kier alpha value is -5.73. The number of alkyl halides is 3. The van der Waals surface area contributed by atoms with E-state index in [9.17, 15) is 22.8 Å². The van der Waals surface area contributed by atoms with Crippen LogP contribution in [0.5, 0.6) is 11.5 Å². The maximum atomic E-state index is 12.8. The topological polar surface area (TPSA) is 153 Å². The molecule has 0 fully saturated rings. The summed E-state index contributed by atoms with van der Waals surface area (Å²) in [5, 5.41) is 19.5. The number of hydrogen-bond acceptors (Lipinski definition) is 13. The monoisotopic (exact) mass is 1150 g/mol. The molecule has 0 atom stereocenters. The fourth-order valence-electron chi connectivity index (χ4n) is 7.17. The van der Waals surface area contributed by atoms with E-state index in [4.69, 9.17) is 14.9 Å². The number of isothiocyanates is 1. The van der Waals surface area contributed by atoms with Gasteiger partial charge in [0.05, 0.1) is 31.9 Å². The first-order chi connectivity index (χ1) is 35.1. The molecule has 382 valence electrons. The number of unbranched alkanes of at least 4 members (excludes halogenated alkanes) is 11. The molecule has 0 amide bonds. The minimum Gasteiger partial charge on any atom is -0.753 e. The van der Waals surface area contributed by atoms with Crippen LogP contribution in [0.2, 0.25) is 0 Å². The Bertz CT molecular complexity index is 2870. The molecule has 0 saturated carbocycles. The Morgan fingerprint density at radius 3 is 1.97 bits per heavy atom. The summed E-state index contributed by atoms with van der Waals surface area (Å²) in [4.78, 5) is 40.4. The zero-order chi connectivity index (χ0) is 51.4. The Kier molecular flexibility index (Phi) is 27.2. The quantitative estimate of drug-likeness (QED) is 0.0108. The van der Waals surface area contributed by atoms with Crippen molar-refractivity contribution in [2.24, 2.45) is 0 Å². The molecule has 0 saturated heterocycles. The van der Waals surface area contributed by atoms with Crippen molar-refractivity contribution in [1.82, 2.24) is 30.1 Å². The van der Waals surface area contributed by atoms with Crippen molar-refractivity contribution < 1.29 is 51.7 Å². The van der Waals surface area contributed by atoms with Crippen LogP contribution in [-0.2, 0) is 41.7 Å². The molecular formula is C54H54F3N7O4RuS4. The van der Waals surface area contributed by atoms with Gasteiger partial charge in [-0.3, -0.25) is 24.5 Å². The van der Waals surface area contributed by atoms with Gasteiger partial charge in [0.1, 0.15) is 17.2 Å². The Morgan fingerprint density at radius 1 is 0.699 bits per heavy atom. The molecule has 73 heavy (non-hydrogen) atoms. The van der Waals surface area contributed by atoms with Crippen molar-refractivity contribution in [1.29, 1.82) is 0 Å². The summed E-state index contributed by atoms with van der Waals surface area (Å²) in [6.45, 7) is 5.15. The molecule has 0 aliphatic heterocycles. The van der Waals surface area contributed by atoms with Crippen LogP contribution < -0.4 is 14.6 Å². The average Bonchev–Trinajstić information content (AvgIpc) is 4.19. The van der Waals surface area contributed by atoms with Crippen LogP contribution in [-0.4, -0.2) is 48.9 Å². The standard InChI is InChI=1S/C29H25N3O4S.C24H29F3N3S2.CNS.Ru/c1-2-3-4-5-6-22-11-14-37-29(22)8-7-21-9-12-30-25(15-21)27-17-24(36-20-34)18-28(32-27)26-16-23(35-19-33)10-13-31-26;1-2-3-4-5-6-7-8-9-10-13-31-23-15-19(17-32-23)18-11-12-28-20(14-18)21-16-22(30-29-21)24(25,26)27;2-1-3;/h9-20H,2-6H2,1H3;11-12,14-17H,2-10,13H2,1H3;;/q;2*-1;+2. The van der Waals surface area contributed by atoms with E-state index < -0.39 is 11.9 Å². The molecule has 0 unspecified atom stereocenters. The third-order valence-corrected chi connectivity index (χ3v) is 13.9. The largest absolute Gasteiger partial charge is 2.00 e. The van der Waals surface area contributed by atoms with Gasteiger partial charge in [-0.05, 0) is 101 Å². The molecule has 0 bridgehead atoms. The van der Waals surface area contributed by atoms with E-state index in [1.807, 2.05) is 30.0 Å². The average molecular weight is 1150 g/mol. The van der Waals surface area contributed by atoms with Crippen LogP contribution in [0.4, 0.5) is 13.2 Å². The maximum absolute atomic E-state index is 12.8. The van der Waals surface area contributed by atoms with Crippen LogP contribution in [0.3, 0.4) is 0 Å². The fraction of sp³-hybridized carbons (Fsp3) is 0.333. The molecule has 7 heterocycles. The first-order valence-electron chi connectivity index (χ1n) is 23.6. The van der Waals surface area contributed by atoms with E-state index in [-0.39, 0.29) is 30.9 Å². The summed E-state index contributed by atoms with van der Waals surface area (Å²) in [6, 6.07) is 18.9. The Labute approximate surface area is 455 Å². The maximum Gasteiger partial charge on any atom is 2.00 e. The molecule has 7 aromatic rings. The van der Waals surface area contributed by atoms with Crippen LogP contribution >= 0.6 is 46.7 Å². The third kappa shape index (κ3) is 20.6. The van der Waals surface area contributed by atoms with Gasteiger partial charge < -0.3 is 25.1 Å². The van der Waals surface area contributed by atoms with E-state index in [2.05, 4.69) is 90.9 Å². The third-order valence-electron chi connectivity index (χ3n) is 10.8. The van der Waals surface area contributed by atoms with Gasteiger partial charge in [0.15, 0.2) is 0 Å². The summed E-state index contributed by atoms with van der Waals surface area (Å²) in [5.74, 6) is 8.27. The van der Waals surface area contributed by atoms with Crippen LogP contribution in [0.15, 0.2) is 100 Å². The van der Waals surface area contributed by atoms with Crippen molar-refractivity contribution in [3.63, 3.8) is 0 Å². The van der Waals surface area contributed by atoms with E-state index in [0.29, 0.717) is 47.2 Å². The van der Waals surface area contributed by atoms with Gasteiger partial charge in [-0.25, -0.2) is 4.98 Å². The van der Waals surface area contributed by atoms with Gasteiger partial charge in [-0.1, -0.05) is 114 Å². The predicted molar refractivity (Wildman–Crippen MR) is 285 cm³/mol. The van der Waals surface area contributed by atoms with Gasteiger partial charge >= 0.3 is 25.7 Å². The van der Waals surface area contributed by atoms with E-state index in [1.165, 1.54) is 105 Å². The SMILES string of the molecule is CCCCCCCCCCCSc1cc(-c2ccnc(-c3cc(C(F)(F)F)n[n-]3)c2)cs1.CCCCCCc1ccsc1C#Cc1ccnc(-c2cc(OC=O)cc(-c3cc(OC=O)ccn3)n2)c1.[N-]=C=S.[Ru+2]. The van der Waals surface area contributed by atoms with Gasteiger partial charge in [0.2, 0.25) is 0 Å². The van der Waals surface area contributed by atoms with Crippen LogP contribution in [0.25, 0.3) is 50.7 Å². The number of aryl methyl sites for hydroxylation is 1. The molecule has 7 rings (SSSR count). The fourth-order valence-corrected chi connectivity index (χ4v) is 10.0. The molecule has 0 aromatic carbocycles. The second-order valence-corrected chi connectivity index (χ2v) is 19.5. The number of aromatic nitrogens is 6. The number of rotatable bonds is 24. The van der Waals surface area contributed by atoms with Crippen molar-refractivity contribution >= 4 is 64.8 Å². The number of thiophene rings is 2. The van der Waals surface area contributed by atoms with Crippen LogP contribution in [0, 0.1) is 11.8 Å². The van der Waals surface area contributed by atoms with Gasteiger partial charge in [0.25, 0.3) is 12.9 Å². The number of nitrogens with zero attached hydrogens (tertiary/aromatic N) is 7. The number of carbonyl (C=O) groups excluding carboxylic acids is 2. The van der Waals surface area contributed by atoms with E-state index >= 15 is 0 Å². The Morgan fingerprint density at radius 2 is 1.30 bits per heavy atom. The molecule has 0 aliphatic carbocycles. The molecule has 0 spiro atoms. The molecule has 11 nitrogen and oxygen atoms in total. The van der Waals surface area contributed by atoms with Crippen molar-refractivity contribution in [2.45, 2.75) is 114 Å². The number of pyridine rings is 4. The van der Waals surface area contributed by atoms with Crippen molar-refractivity contribution in [2.75, 3.05) is 5.75 Å². The second kappa shape index (κ2) is 33.2. The minimum atomic E-state index is -4.50. The van der Waals surface area contributed by atoms with E-state index in [0.717, 1.165) is 39.8 Å². The summed E-state index contributed by atoms with van der Waals surface area (Å²) >= 11 is 8.93.